The van der Waals surface area contributed by atoms with Gasteiger partial charge in [0.05, 0.1) is 23.5 Å². The summed E-state index contributed by atoms with van der Waals surface area (Å²) in [7, 11) is 0. The van der Waals surface area contributed by atoms with E-state index in [1.807, 2.05) is 42.2 Å². The highest BCUT2D eigenvalue weighted by Crippen LogP contribution is 2.39. The monoisotopic (exact) mass is 463 g/mol. The molecule has 3 heterocycles. The summed E-state index contributed by atoms with van der Waals surface area (Å²) in [5.41, 5.74) is 4.05. The number of likely N-dealkylation sites (tertiary alicyclic amines) is 1. The molecule has 1 aromatic heterocycles. The van der Waals surface area contributed by atoms with Crippen LogP contribution in [0.1, 0.15) is 47.6 Å². The van der Waals surface area contributed by atoms with Crippen molar-refractivity contribution in [3.63, 3.8) is 0 Å². The first kappa shape index (κ1) is 21.5. The van der Waals surface area contributed by atoms with Crippen molar-refractivity contribution in [1.82, 2.24) is 19.6 Å². The molecule has 0 aliphatic carbocycles. The summed E-state index contributed by atoms with van der Waals surface area (Å²) in [5.74, 6) is -0.0214. The lowest BCUT2D eigenvalue weighted by molar-refractivity contribution is 0.0523. The highest BCUT2D eigenvalue weighted by Gasteiger charge is 2.44. The van der Waals surface area contributed by atoms with Crippen LogP contribution in [0.5, 0.6) is 0 Å². The number of nitrogens with one attached hydrogen (secondary N) is 1. The van der Waals surface area contributed by atoms with Crippen molar-refractivity contribution < 1.29 is 9.59 Å². The van der Waals surface area contributed by atoms with Crippen molar-refractivity contribution in [2.75, 3.05) is 18.4 Å². The number of nitrogens with zero attached hydrogens (tertiary/aromatic N) is 4. The average Bonchev–Trinajstić information content (AvgIpc) is 3.31. The van der Waals surface area contributed by atoms with Crippen molar-refractivity contribution in [1.29, 1.82) is 0 Å². The van der Waals surface area contributed by atoms with Gasteiger partial charge in [0.15, 0.2) is 0 Å². The molecule has 0 saturated carbocycles. The molecule has 2 aliphatic heterocycles. The normalized spacial score (nSPS) is 20.2. The predicted octanol–water partition coefficient (Wildman–Crippen LogP) is 5.05. The molecular formula is C25H26ClN5O2. The number of hydrogen-bond acceptors (Lipinski definition) is 3. The Morgan fingerprint density at radius 2 is 1.85 bits per heavy atom. The maximum atomic E-state index is 13.6. The Morgan fingerprint density at radius 1 is 1.12 bits per heavy atom. The second kappa shape index (κ2) is 8.56. The molecule has 8 heteroatoms. The first-order valence-electron chi connectivity index (χ1n) is 11.2. The molecule has 1 fully saturated rings. The Kier molecular flexibility index (Phi) is 5.58. The van der Waals surface area contributed by atoms with E-state index < -0.39 is 0 Å². The minimum absolute atomic E-state index is 0.0214. The molecule has 7 nitrogen and oxygen atoms in total. The van der Waals surface area contributed by atoms with Crippen LogP contribution in [-0.2, 0) is 0 Å². The molecule has 2 atom stereocenters. The van der Waals surface area contributed by atoms with Gasteiger partial charge in [-0.2, -0.15) is 5.10 Å². The van der Waals surface area contributed by atoms with Crippen LogP contribution in [-0.4, -0.2) is 50.6 Å². The first-order valence-corrected chi connectivity index (χ1v) is 11.6. The number of urea groups is 1. The van der Waals surface area contributed by atoms with E-state index in [4.69, 9.17) is 11.6 Å². The fraction of sp³-hybridized carbons (Fsp3) is 0.320. The Hall–Kier alpha value is -3.32. The molecule has 5 rings (SSSR count). The summed E-state index contributed by atoms with van der Waals surface area (Å²) in [6, 6.07) is 16.5. The van der Waals surface area contributed by atoms with Gasteiger partial charge >= 0.3 is 6.03 Å². The van der Waals surface area contributed by atoms with Gasteiger partial charge in [0.25, 0.3) is 5.91 Å². The molecule has 0 radical (unpaired) electrons. The van der Waals surface area contributed by atoms with E-state index in [0.29, 0.717) is 29.5 Å². The standard InChI is InChI=1S/C25H26ClN5O2/c1-16-22-17(2)30(24(32)23(22)31(28-16)20-7-4-3-5-8-20)21-9-6-14-29(15-21)25(33)27-19-12-10-18(26)11-13-19/h3-5,7-8,10-13,17,21H,6,9,14-15H2,1-2H3,(H,27,33). The minimum Gasteiger partial charge on any atom is -0.326 e. The summed E-state index contributed by atoms with van der Waals surface area (Å²) >= 11 is 5.94. The van der Waals surface area contributed by atoms with Crippen LogP contribution < -0.4 is 5.32 Å². The van der Waals surface area contributed by atoms with Gasteiger partial charge in [0, 0.05) is 29.4 Å². The lowest BCUT2D eigenvalue weighted by Crippen LogP contribution is -2.51. The first-order chi connectivity index (χ1) is 15.9. The van der Waals surface area contributed by atoms with Crippen molar-refractivity contribution in [3.8, 4) is 5.69 Å². The molecule has 2 aliphatic rings. The fourth-order valence-corrected chi connectivity index (χ4v) is 5.15. The maximum absolute atomic E-state index is 13.6. The number of carbonyl (C=O) groups excluding carboxylic acids is 2. The fourth-order valence-electron chi connectivity index (χ4n) is 5.02. The molecule has 0 spiro atoms. The Morgan fingerprint density at radius 3 is 2.58 bits per heavy atom. The number of hydrogen-bond donors (Lipinski definition) is 1. The van der Waals surface area contributed by atoms with E-state index in [1.54, 1.807) is 33.8 Å². The smallest absolute Gasteiger partial charge is 0.321 e. The summed E-state index contributed by atoms with van der Waals surface area (Å²) < 4.78 is 1.76. The van der Waals surface area contributed by atoms with Gasteiger partial charge in [0.1, 0.15) is 5.69 Å². The van der Waals surface area contributed by atoms with Crippen molar-refractivity contribution in [2.24, 2.45) is 0 Å². The van der Waals surface area contributed by atoms with Gasteiger partial charge in [-0.1, -0.05) is 29.8 Å². The number of aromatic nitrogens is 2. The number of fused-ring (bicyclic) bond motifs is 1. The number of aryl methyl sites for hydroxylation is 1. The third kappa shape index (κ3) is 3.86. The highest BCUT2D eigenvalue weighted by atomic mass is 35.5. The van der Waals surface area contributed by atoms with Gasteiger partial charge in [-0.15, -0.1) is 0 Å². The van der Waals surface area contributed by atoms with Gasteiger partial charge in [-0.05, 0) is 63.1 Å². The van der Waals surface area contributed by atoms with Crippen LogP contribution in [0.15, 0.2) is 54.6 Å². The summed E-state index contributed by atoms with van der Waals surface area (Å²) in [6.45, 7) is 5.17. The number of rotatable bonds is 3. The van der Waals surface area contributed by atoms with Gasteiger partial charge < -0.3 is 15.1 Å². The number of para-hydroxylation sites is 1. The quantitative estimate of drug-likeness (QED) is 0.591. The number of amides is 3. The lowest BCUT2D eigenvalue weighted by atomic mass is 10.0. The number of piperidine rings is 1. The van der Waals surface area contributed by atoms with Gasteiger partial charge in [0.2, 0.25) is 0 Å². The molecule has 1 N–H and O–H groups in total. The largest absolute Gasteiger partial charge is 0.326 e. The van der Waals surface area contributed by atoms with Crippen molar-refractivity contribution >= 4 is 29.2 Å². The second-order valence-electron chi connectivity index (χ2n) is 8.66. The molecule has 3 aromatic rings. The van der Waals surface area contributed by atoms with Crippen LogP contribution in [0.2, 0.25) is 5.02 Å². The average molecular weight is 464 g/mol. The molecule has 33 heavy (non-hydrogen) atoms. The molecule has 170 valence electrons. The van der Waals surface area contributed by atoms with E-state index in [-0.39, 0.29) is 24.0 Å². The minimum atomic E-state index is -0.162. The highest BCUT2D eigenvalue weighted by molar-refractivity contribution is 6.30. The zero-order valence-electron chi connectivity index (χ0n) is 18.7. The number of carbonyl (C=O) groups is 2. The topological polar surface area (TPSA) is 70.5 Å². The Labute approximate surface area is 197 Å². The Balaban J connectivity index is 1.36. The third-order valence-corrected chi connectivity index (χ3v) is 6.80. The van der Waals surface area contributed by atoms with Gasteiger partial charge in [-0.25, -0.2) is 9.48 Å². The molecule has 1 saturated heterocycles. The van der Waals surface area contributed by atoms with Crippen molar-refractivity contribution in [3.05, 3.63) is 76.6 Å². The maximum Gasteiger partial charge on any atom is 0.321 e. The number of benzene rings is 2. The van der Waals surface area contributed by atoms with E-state index >= 15 is 0 Å². The molecule has 2 unspecified atom stereocenters. The predicted molar refractivity (Wildman–Crippen MR) is 128 cm³/mol. The molecular weight excluding hydrogens is 438 g/mol. The summed E-state index contributed by atoms with van der Waals surface area (Å²) in [6.07, 6.45) is 1.71. The summed E-state index contributed by atoms with van der Waals surface area (Å²) in [5, 5.41) is 8.22. The third-order valence-electron chi connectivity index (χ3n) is 6.55. The SMILES string of the molecule is Cc1nn(-c2ccccc2)c2c1C(C)N(C1CCCN(C(=O)Nc3ccc(Cl)cc3)C1)C2=O. The lowest BCUT2D eigenvalue weighted by Gasteiger charge is -2.39. The second-order valence-corrected chi connectivity index (χ2v) is 9.10. The molecule has 2 aromatic carbocycles. The molecule has 3 amide bonds. The van der Waals surface area contributed by atoms with E-state index in [2.05, 4.69) is 17.3 Å². The van der Waals surface area contributed by atoms with Crippen LogP contribution in [0.3, 0.4) is 0 Å². The van der Waals surface area contributed by atoms with Crippen LogP contribution in [0, 0.1) is 6.92 Å². The van der Waals surface area contributed by atoms with E-state index in [1.165, 1.54) is 0 Å². The number of anilines is 1. The van der Waals surface area contributed by atoms with E-state index in [9.17, 15) is 9.59 Å². The van der Waals surface area contributed by atoms with Crippen molar-refractivity contribution in [2.45, 2.75) is 38.8 Å². The zero-order valence-corrected chi connectivity index (χ0v) is 19.4. The number of halogens is 1. The van der Waals surface area contributed by atoms with Crippen LogP contribution >= 0.6 is 11.6 Å². The summed E-state index contributed by atoms with van der Waals surface area (Å²) in [4.78, 5) is 30.3. The molecule has 0 bridgehead atoms. The zero-order chi connectivity index (χ0) is 23.1. The Bertz CT molecular complexity index is 1190. The van der Waals surface area contributed by atoms with Crippen LogP contribution in [0.25, 0.3) is 5.69 Å². The van der Waals surface area contributed by atoms with Crippen LogP contribution in [0.4, 0.5) is 10.5 Å². The van der Waals surface area contributed by atoms with E-state index in [0.717, 1.165) is 29.8 Å². The van der Waals surface area contributed by atoms with Gasteiger partial charge in [-0.3, -0.25) is 4.79 Å².